The molecule has 7 nitrogen and oxygen atoms in total. The van der Waals surface area contributed by atoms with Gasteiger partial charge in [-0.2, -0.15) is 0 Å². The SMILES string of the molecule is C=Cc1c2ccccc2cc2ccc(C(=O)OC3CN(COC)C(=O)N(COC)C3)cc12. The molecule has 3 aromatic rings. The lowest BCUT2D eigenvalue weighted by molar-refractivity contribution is -0.0401. The summed E-state index contributed by atoms with van der Waals surface area (Å²) in [6.45, 7) is 4.71. The summed E-state index contributed by atoms with van der Waals surface area (Å²) in [6, 6.07) is 15.5. The van der Waals surface area contributed by atoms with Crippen LogP contribution in [0.5, 0.6) is 0 Å². The van der Waals surface area contributed by atoms with E-state index in [0.29, 0.717) is 5.56 Å². The highest BCUT2D eigenvalue weighted by Gasteiger charge is 2.34. The Morgan fingerprint density at radius 2 is 1.66 bits per heavy atom. The first kappa shape index (κ1) is 21.8. The number of hydrogen-bond acceptors (Lipinski definition) is 5. The number of carbonyl (C=O) groups excluding carboxylic acids is 2. The number of esters is 1. The average molecular weight is 434 g/mol. The van der Waals surface area contributed by atoms with Crippen LogP contribution in [-0.2, 0) is 14.2 Å². The maximum Gasteiger partial charge on any atom is 0.338 e. The number of urea groups is 1. The van der Waals surface area contributed by atoms with E-state index in [1.54, 1.807) is 6.07 Å². The largest absolute Gasteiger partial charge is 0.455 e. The highest BCUT2D eigenvalue weighted by Crippen LogP contribution is 2.30. The molecule has 32 heavy (non-hydrogen) atoms. The molecule has 0 spiro atoms. The number of carbonyl (C=O) groups is 2. The van der Waals surface area contributed by atoms with Crippen molar-refractivity contribution in [3.8, 4) is 0 Å². The Morgan fingerprint density at radius 1 is 1.00 bits per heavy atom. The molecule has 4 rings (SSSR count). The first-order valence-electron chi connectivity index (χ1n) is 10.4. The van der Waals surface area contributed by atoms with E-state index in [-0.39, 0.29) is 32.6 Å². The Kier molecular flexibility index (Phi) is 6.39. The zero-order valence-corrected chi connectivity index (χ0v) is 18.2. The van der Waals surface area contributed by atoms with Crippen LogP contribution in [0.2, 0.25) is 0 Å². The lowest BCUT2D eigenvalue weighted by atomic mass is 9.95. The van der Waals surface area contributed by atoms with E-state index < -0.39 is 12.1 Å². The van der Waals surface area contributed by atoms with Crippen LogP contribution in [0.4, 0.5) is 4.79 Å². The van der Waals surface area contributed by atoms with Gasteiger partial charge in [0.1, 0.15) is 19.6 Å². The maximum absolute atomic E-state index is 13.0. The van der Waals surface area contributed by atoms with Crippen LogP contribution in [0.3, 0.4) is 0 Å². The molecule has 1 aliphatic rings. The van der Waals surface area contributed by atoms with Gasteiger partial charge in [-0.3, -0.25) is 9.80 Å². The number of amides is 2. The van der Waals surface area contributed by atoms with Crippen LogP contribution in [-0.4, -0.2) is 68.7 Å². The monoisotopic (exact) mass is 434 g/mol. The predicted octanol–water partition coefficient (Wildman–Crippen LogP) is 4.11. The van der Waals surface area contributed by atoms with E-state index in [1.807, 2.05) is 36.4 Å². The van der Waals surface area contributed by atoms with Gasteiger partial charge < -0.3 is 14.2 Å². The summed E-state index contributed by atoms with van der Waals surface area (Å²) < 4.78 is 16.0. The molecule has 0 saturated carbocycles. The fourth-order valence-corrected chi connectivity index (χ4v) is 4.17. The molecule has 0 unspecified atom stereocenters. The van der Waals surface area contributed by atoms with Gasteiger partial charge in [-0.15, -0.1) is 0 Å². The normalized spacial score (nSPS) is 14.9. The third kappa shape index (κ3) is 4.17. The molecule has 0 atom stereocenters. The molecule has 0 aliphatic carbocycles. The third-order valence-electron chi connectivity index (χ3n) is 5.58. The van der Waals surface area contributed by atoms with Crippen molar-refractivity contribution in [1.29, 1.82) is 0 Å². The molecular weight excluding hydrogens is 408 g/mol. The Balaban J connectivity index is 1.61. The second-order valence-corrected chi connectivity index (χ2v) is 7.74. The Morgan fingerprint density at radius 3 is 2.31 bits per heavy atom. The molecule has 0 bridgehead atoms. The van der Waals surface area contributed by atoms with Gasteiger partial charge in [-0.05, 0) is 45.3 Å². The predicted molar refractivity (Wildman–Crippen MR) is 123 cm³/mol. The van der Waals surface area contributed by atoms with Crippen molar-refractivity contribution >= 4 is 39.6 Å². The second kappa shape index (κ2) is 9.38. The van der Waals surface area contributed by atoms with E-state index in [4.69, 9.17) is 14.2 Å². The zero-order chi connectivity index (χ0) is 22.7. The van der Waals surface area contributed by atoms with E-state index in [2.05, 4.69) is 18.7 Å². The summed E-state index contributed by atoms with van der Waals surface area (Å²) in [7, 11) is 3.03. The summed E-state index contributed by atoms with van der Waals surface area (Å²) in [5.74, 6) is -0.441. The van der Waals surface area contributed by atoms with Crippen LogP contribution in [0.1, 0.15) is 15.9 Å². The molecule has 0 N–H and O–H groups in total. The Hall–Kier alpha value is -3.42. The Bertz CT molecular complexity index is 1160. The first-order valence-corrected chi connectivity index (χ1v) is 10.4. The smallest absolute Gasteiger partial charge is 0.338 e. The minimum Gasteiger partial charge on any atom is -0.455 e. The van der Waals surface area contributed by atoms with Crippen molar-refractivity contribution in [2.75, 3.05) is 40.8 Å². The molecule has 1 saturated heterocycles. The third-order valence-corrected chi connectivity index (χ3v) is 5.58. The van der Waals surface area contributed by atoms with Crippen LogP contribution >= 0.6 is 0 Å². The molecule has 0 radical (unpaired) electrons. The van der Waals surface area contributed by atoms with E-state index in [0.717, 1.165) is 27.1 Å². The molecule has 2 amide bonds. The van der Waals surface area contributed by atoms with Gasteiger partial charge in [0.15, 0.2) is 0 Å². The molecule has 0 aromatic heterocycles. The highest BCUT2D eigenvalue weighted by atomic mass is 16.5. The maximum atomic E-state index is 13.0. The van der Waals surface area contributed by atoms with Crippen LogP contribution in [0.15, 0.2) is 55.1 Å². The lowest BCUT2D eigenvalue weighted by Crippen LogP contribution is -2.57. The number of rotatable bonds is 7. The number of benzene rings is 3. The number of nitrogens with zero attached hydrogens (tertiary/aromatic N) is 2. The Labute approximate surface area is 186 Å². The van der Waals surface area contributed by atoms with Gasteiger partial charge in [0.05, 0.1) is 18.7 Å². The van der Waals surface area contributed by atoms with Gasteiger partial charge in [0.2, 0.25) is 0 Å². The molecule has 166 valence electrons. The molecule has 1 aliphatic heterocycles. The van der Waals surface area contributed by atoms with Crippen molar-refractivity contribution < 1.29 is 23.8 Å². The van der Waals surface area contributed by atoms with Crippen molar-refractivity contribution in [3.05, 3.63) is 66.2 Å². The highest BCUT2D eigenvalue weighted by molar-refractivity contribution is 6.08. The average Bonchev–Trinajstić information content (AvgIpc) is 2.80. The molecule has 3 aromatic carbocycles. The second-order valence-electron chi connectivity index (χ2n) is 7.74. The van der Waals surface area contributed by atoms with Crippen molar-refractivity contribution in [1.82, 2.24) is 9.80 Å². The standard InChI is InChI=1S/C25H26N2O5/c1-4-21-22-8-6-5-7-17(22)11-18-9-10-19(12-23(18)21)24(28)32-20-13-26(15-30-2)25(29)27(14-20)16-31-3/h4-12,20H,1,13-16H2,2-3H3. The summed E-state index contributed by atoms with van der Waals surface area (Å²) in [5.41, 5.74) is 1.43. The fourth-order valence-electron chi connectivity index (χ4n) is 4.17. The number of ether oxygens (including phenoxy) is 3. The van der Waals surface area contributed by atoms with Crippen LogP contribution in [0, 0.1) is 0 Å². The van der Waals surface area contributed by atoms with Crippen molar-refractivity contribution in [2.45, 2.75) is 6.10 Å². The molecule has 7 heteroatoms. The minimum atomic E-state index is -0.503. The van der Waals surface area contributed by atoms with Gasteiger partial charge in [0.25, 0.3) is 0 Å². The molecular formula is C25H26N2O5. The fraction of sp³-hybridized carbons (Fsp3) is 0.280. The molecule has 1 heterocycles. The van der Waals surface area contributed by atoms with Crippen molar-refractivity contribution in [3.63, 3.8) is 0 Å². The first-order chi connectivity index (χ1) is 15.5. The quantitative estimate of drug-likeness (QED) is 0.414. The van der Waals surface area contributed by atoms with Crippen molar-refractivity contribution in [2.24, 2.45) is 0 Å². The minimum absolute atomic E-state index is 0.110. The van der Waals surface area contributed by atoms with E-state index in [1.165, 1.54) is 24.0 Å². The van der Waals surface area contributed by atoms with Gasteiger partial charge in [-0.1, -0.05) is 43.0 Å². The summed E-state index contributed by atoms with van der Waals surface area (Å²) in [5, 5.41) is 4.16. The van der Waals surface area contributed by atoms with Gasteiger partial charge in [-0.25, -0.2) is 9.59 Å². The zero-order valence-electron chi connectivity index (χ0n) is 18.2. The van der Waals surface area contributed by atoms with E-state index >= 15 is 0 Å². The van der Waals surface area contributed by atoms with E-state index in [9.17, 15) is 9.59 Å². The summed E-state index contributed by atoms with van der Waals surface area (Å²) >= 11 is 0. The van der Waals surface area contributed by atoms with Crippen LogP contribution < -0.4 is 0 Å². The summed E-state index contributed by atoms with van der Waals surface area (Å²) in [4.78, 5) is 28.4. The number of hydrogen-bond donors (Lipinski definition) is 0. The lowest BCUT2D eigenvalue weighted by Gasteiger charge is -2.38. The topological polar surface area (TPSA) is 68.3 Å². The molecule has 1 fully saturated rings. The van der Waals surface area contributed by atoms with Gasteiger partial charge in [0, 0.05) is 14.2 Å². The summed E-state index contributed by atoms with van der Waals surface area (Å²) in [6.07, 6.45) is 1.31. The van der Waals surface area contributed by atoms with Gasteiger partial charge >= 0.3 is 12.0 Å². The number of methoxy groups -OCH3 is 2. The van der Waals surface area contributed by atoms with Crippen LogP contribution in [0.25, 0.3) is 27.6 Å². The number of fused-ring (bicyclic) bond motifs is 2.